The van der Waals surface area contributed by atoms with Gasteiger partial charge in [-0.05, 0) is 49.5 Å². The summed E-state index contributed by atoms with van der Waals surface area (Å²) in [7, 11) is 0. The zero-order chi connectivity index (χ0) is 17.9. The molecule has 130 valence electrons. The van der Waals surface area contributed by atoms with Gasteiger partial charge in [-0.3, -0.25) is 0 Å². The number of thiocarbonyl (C=S) groups is 1. The van der Waals surface area contributed by atoms with E-state index in [-0.39, 0.29) is 5.97 Å². The largest absolute Gasteiger partial charge is 0.463 e. The summed E-state index contributed by atoms with van der Waals surface area (Å²) in [5.74, 6) is 0.380. The van der Waals surface area contributed by atoms with E-state index in [9.17, 15) is 4.79 Å². The second kappa shape index (κ2) is 10.5. The number of anilines is 2. The van der Waals surface area contributed by atoms with Gasteiger partial charge in [0.05, 0.1) is 6.61 Å². The molecule has 0 saturated carbocycles. The van der Waals surface area contributed by atoms with E-state index in [2.05, 4.69) is 10.6 Å². The second-order valence-electron chi connectivity index (χ2n) is 4.94. The van der Waals surface area contributed by atoms with Crippen LogP contribution in [0.25, 0.3) is 0 Å². The van der Waals surface area contributed by atoms with Gasteiger partial charge in [0, 0.05) is 28.1 Å². The highest BCUT2D eigenvalue weighted by Gasteiger charge is 2.00. The Morgan fingerprint density at radius 3 is 2.60 bits per heavy atom. The van der Waals surface area contributed by atoms with Gasteiger partial charge in [0.25, 0.3) is 0 Å². The van der Waals surface area contributed by atoms with Crippen molar-refractivity contribution < 1.29 is 9.53 Å². The Kier molecular flexibility index (Phi) is 8.01. The minimum absolute atomic E-state index is 0.309. The molecule has 0 bridgehead atoms. The van der Waals surface area contributed by atoms with Crippen LogP contribution < -0.4 is 10.6 Å². The van der Waals surface area contributed by atoms with Crippen molar-refractivity contribution in [1.82, 2.24) is 0 Å². The molecule has 0 amide bonds. The second-order valence-corrected chi connectivity index (χ2v) is 6.44. The van der Waals surface area contributed by atoms with Crippen LogP contribution in [0.1, 0.15) is 6.92 Å². The lowest BCUT2D eigenvalue weighted by atomic mass is 10.3. The molecule has 4 nitrogen and oxygen atoms in total. The minimum Gasteiger partial charge on any atom is -0.463 e. The number of carbonyl (C=O) groups excluding carboxylic acids is 1. The zero-order valence-corrected chi connectivity index (χ0v) is 15.5. The fraction of sp³-hybridized carbons (Fsp3) is 0.158. The molecule has 0 fully saturated rings. The van der Waals surface area contributed by atoms with Crippen LogP contribution in [0.2, 0.25) is 0 Å². The summed E-state index contributed by atoms with van der Waals surface area (Å²) < 4.78 is 4.84. The first kappa shape index (κ1) is 19.0. The number of para-hydroxylation sites is 1. The zero-order valence-electron chi connectivity index (χ0n) is 13.9. The highest BCUT2D eigenvalue weighted by atomic mass is 32.2. The normalized spacial score (nSPS) is 10.4. The Bertz CT molecular complexity index is 733. The van der Waals surface area contributed by atoms with E-state index in [0.717, 1.165) is 16.3 Å². The molecule has 0 spiro atoms. The van der Waals surface area contributed by atoms with Crippen molar-refractivity contribution in [1.29, 1.82) is 0 Å². The van der Waals surface area contributed by atoms with E-state index in [0.29, 0.717) is 17.5 Å². The number of rotatable bonds is 7. The molecule has 2 N–H and O–H groups in total. The van der Waals surface area contributed by atoms with E-state index in [1.807, 2.05) is 54.6 Å². The van der Waals surface area contributed by atoms with Crippen LogP contribution >= 0.6 is 24.0 Å². The molecule has 0 saturated heterocycles. The Morgan fingerprint density at radius 2 is 1.84 bits per heavy atom. The fourth-order valence-electron chi connectivity index (χ4n) is 1.96. The van der Waals surface area contributed by atoms with Gasteiger partial charge in [0.1, 0.15) is 0 Å². The lowest BCUT2D eigenvalue weighted by molar-refractivity contribution is -0.137. The molecule has 0 atom stereocenters. The van der Waals surface area contributed by atoms with Crippen LogP contribution in [-0.2, 0) is 9.53 Å². The van der Waals surface area contributed by atoms with Crippen molar-refractivity contribution in [2.75, 3.05) is 23.0 Å². The highest BCUT2D eigenvalue weighted by Crippen LogP contribution is 2.22. The maximum Gasteiger partial charge on any atom is 0.330 e. The number of carbonyl (C=O) groups is 1. The van der Waals surface area contributed by atoms with Crippen LogP contribution in [-0.4, -0.2) is 23.4 Å². The Labute approximate surface area is 157 Å². The van der Waals surface area contributed by atoms with Crippen molar-refractivity contribution >= 4 is 46.4 Å². The van der Waals surface area contributed by atoms with Gasteiger partial charge in [-0.15, -0.1) is 11.8 Å². The van der Waals surface area contributed by atoms with Crippen LogP contribution in [0.5, 0.6) is 0 Å². The molecule has 0 aliphatic carbocycles. The lowest BCUT2D eigenvalue weighted by Gasteiger charge is -2.11. The molecule has 0 aromatic heterocycles. The van der Waals surface area contributed by atoms with Gasteiger partial charge >= 0.3 is 5.97 Å². The molecule has 25 heavy (non-hydrogen) atoms. The van der Waals surface area contributed by atoms with Gasteiger partial charge in [-0.25, -0.2) is 4.79 Å². The minimum atomic E-state index is -0.309. The van der Waals surface area contributed by atoms with Crippen molar-refractivity contribution in [3.05, 3.63) is 66.7 Å². The summed E-state index contributed by atoms with van der Waals surface area (Å²) in [6, 6.07) is 17.7. The maximum atomic E-state index is 11.2. The van der Waals surface area contributed by atoms with Gasteiger partial charge in [-0.1, -0.05) is 30.3 Å². The highest BCUT2D eigenvalue weighted by molar-refractivity contribution is 7.99. The number of benzene rings is 2. The molecule has 2 aromatic rings. The summed E-state index contributed by atoms with van der Waals surface area (Å²) in [6.07, 6.45) is 3.25. The summed E-state index contributed by atoms with van der Waals surface area (Å²) in [5.41, 5.74) is 1.85. The Hall–Kier alpha value is -2.31. The predicted octanol–water partition coefficient (Wildman–Crippen LogP) is 4.71. The van der Waals surface area contributed by atoms with Crippen molar-refractivity contribution in [3.63, 3.8) is 0 Å². The molecule has 0 unspecified atom stereocenters. The molecule has 0 aliphatic heterocycles. The van der Waals surface area contributed by atoms with Crippen molar-refractivity contribution in [2.45, 2.75) is 11.8 Å². The van der Waals surface area contributed by atoms with Crippen LogP contribution in [0.4, 0.5) is 11.4 Å². The molecule has 6 heteroatoms. The van der Waals surface area contributed by atoms with Crippen LogP contribution in [0.15, 0.2) is 71.6 Å². The van der Waals surface area contributed by atoms with E-state index >= 15 is 0 Å². The van der Waals surface area contributed by atoms with Gasteiger partial charge in [0.15, 0.2) is 5.11 Å². The number of hydrogen-bond donors (Lipinski definition) is 2. The van der Waals surface area contributed by atoms with Gasteiger partial charge in [0.2, 0.25) is 0 Å². The third kappa shape index (κ3) is 7.41. The molecular weight excluding hydrogens is 352 g/mol. The third-order valence-corrected chi connectivity index (χ3v) is 4.16. The number of esters is 1. The summed E-state index contributed by atoms with van der Waals surface area (Å²) in [4.78, 5) is 12.3. The van der Waals surface area contributed by atoms with E-state index in [4.69, 9.17) is 17.0 Å². The standard InChI is InChI=1S/C19H20N2O2S2/c1-2-23-18(22)12-7-13-25-17-11-6-10-16(14-17)21-19(24)20-15-8-4-3-5-9-15/h3-12,14H,2,13H2,1H3,(H2,20,21,24)/b12-7+. The average molecular weight is 373 g/mol. The van der Waals surface area contributed by atoms with Crippen molar-refractivity contribution in [3.8, 4) is 0 Å². The Balaban J connectivity index is 1.84. The molecule has 2 rings (SSSR count). The maximum absolute atomic E-state index is 11.2. The quantitative estimate of drug-likeness (QED) is 0.318. The Morgan fingerprint density at radius 1 is 1.12 bits per heavy atom. The van der Waals surface area contributed by atoms with E-state index < -0.39 is 0 Å². The first-order valence-corrected chi connectivity index (χ1v) is 9.26. The van der Waals surface area contributed by atoms with Crippen LogP contribution in [0, 0.1) is 0 Å². The van der Waals surface area contributed by atoms with Crippen molar-refractivity contribution in [2.24, 2.45) is 0 Å². The van der Waals surface area contributed by atoms with Gasteiger partial charge in [-0.2, -0.15) is 0 Å². The first-order chi connectivity index (χ1) is 12.2. The molecule has 2 aromatic carbocycles. The number of nitrogens with one attached hydrogen (secondary N) is 2. The first-order valence-electron chi connectivity index (χ1n) is 7.86. The average Bonchev–Trinajstić information content (AvgIpc) is 2.60. The van der Waals surface area contributed by atoms with E-state index in [1.54, 1.807) is 24.8 Å². The number of hydrogen-bond acceptors (Lipinski definition) is 4. The molecule has 0 aliphatic rings. The summed E-state index contributed by atoms with van der Waals surface area (Å²) in [5, 5.41) is 6.85. The molecular formula is C19H20N2O2S2. The van der Waals surface area contributed by atoms with E-state index in [1.165, 1.54) is 6.08 Å². The van der Waals surface area contributed by atoms with Gasteiger partial charge < -0.3 is 15.4 Å². The number of ether oxygens (including phenoxy) is 1. The SMILES string of the molecule is CCOC(=O)/C=C/CSc1cccc(NC(=S)Nc2ccccc2)c1. The van der Waals surface area contributed by atoms with Crippen LogP contribution in [0.3, 0.4) is 0 Å². The fourth-order valence-corrected chi connectivity index (χ4v) is 2.96. The third-order valence-electron chi connectivity index (χ3n) is 3.01. The molecule has 0 heterocycles. The smallest absolute Gasteiger partial charge is 0.330 e. The predicted molar refractivity (Wildman–Crippen MR) is 109 cm³/mol. The monoisotopic (exact) mass is 372 g/mol. The lowest BCUT2D eigenvalue weighted by Crippen LogP contribution is -2.18. The topological polar surface area (TPSA) is 50.4 Å². The summed E-state index contributed by atoms with van der Waals surface area (Å²) >= 11 is 6.96. The molecule has 0 radical (unpaired) electrons. The number of thioether (sulfide) groups is 1. The summed E-state index contributed by atoms with van der Waals surface area (Å²) in [6.45, 7) is 2.18.